The number of nitrogens with zero attached hydrogens (tertiary/aromatic N) is 1. The first kappa shape index (κ1) is 11.5. The van der Waals surface area contributed by atoms with Gasteiger partial charge in [-0.25, -0.2) is 0 Å². The van der Waals surface area contributed by atoms with E-state index in [1.165, 1.54) is 0 Å². The molecule has 0 bridgehead atoms. The first-order valence-corrected chi connectivity index (χ1v) is 5.22. The van der Waals surface area contributed by atoms with Crippen LogP contribution in [0.25, 0.3) is 6.08 Å². The van der Waals surface area contributed by atoms with Gasteiger partial charge in [0.15, 0.2) is 0 Å². The van der Waals surface area contributed by atoms with Gasteiger partial charge in [-0.05, 0) is 23.6 Å². The fraction of sp³-hybridized carbons (Fsp3) is 0.308. The van der Waals surface area contributed by atoms with Crippen LogP contribution in [0.2, 0.25) is 0 Å². The van der Waals surface area contributed by atoms with Crippen molar-refractivity contribution in [3.63, 3.8) is 0 Å². The number of oxime groups is 1. The highest BCUT2D eigenvalue weighted by atomic mass is 16.6. The molecule has 2 heteroatoms. The smallest absolute Gasteiger partial charge is 0.142 e. The van der Waals surface area contributed by atoms with E-state index in [4.69, 9.17) is 4.84 Å². The largest absolute Gasteiger partial charge is 0.391 e. The maximum atomic E-state index is 5.16. The van der Waals surface area contributed by atoms with E-state index < -0.39 is 0 Å². The Morgan fingerprint density at radius 3 is 3.07 bits per heavy atom. The predicted molar refractivity (Wildman–Crippen MR) is 64.7 cm³/mol. The highest BCUT2D eigenvalue weighted by Crippen LogP contribution is 2.07. The quantitative estimate of drug-likeness (QED) is 0.511. The summed E-state index contributed by atoms with van der Waals surface area (Å²) in [7, 11) is 0. The summed E-state index contributed by atoms with van der Waals surface area (Å²) in [4.78, 5) is 5.16. The van der Waals surface area contributed by atoms with Gasteiger partial charge in [-0.2, -0.15) is 0 Å². The molecule has 0 heterocycles. The summed E-state index contributed by atoms with van der Waals surface area (Å²) in [6.07, 6.45) is 5.69. The minimum absolute atomic E-state index is 0.516. The molecule has 15 heavy (non-hydrogen) atoms. The zero-order valence-electron chi connectivity index (χ0n) is 9.15. The third-order valence-electron chi connectivity index (χ3n) is 1.98. The molecule has 0 N–H and O–H groups in total. The molecule has 0 spiro atoms. The van der Waals surface area contributed by atoms with Crippen LogP contribution >= 0.6 is 0 Å². The van der Waals surface area contributed by atoms with Crippen molar-refractivity contribution in [1.29, 1.82) is 0 Å². The van der Waals surface area contributed by atoms with E-state index in [9.17, 15) is 0 Å². The summed E-state index contributed by atoms with van der Waals surface area (Å²) in [5, 5.41) is 3.86. The van der Waals surface area contributed by atoms with Crippen molar-refractivity contribution >= 4 is 12.3 Å². The second-order valence-electron chi connectivity index (χ2n) is 3.30. The molecule has 0 unspecified atom stereocenters. The topological polar surface area (TPSA) is 21.6 Å². The lowest BCUT2D eigenvalue weighted by atomic mass is 10.1. The lowest BCUT2D eigenvalue weighted by Gasteiger charge is -2.00. The van der Waals surface area contributed by atoms with Crippen LogP contribution < -0.4 is 0 Å². The van der Waals surface area contributed by atoms with E-state index in [1.807, 2.05) is 30.3 Å². The number of benzene rings is 1. The standard InChI is InChI=1S/C13H17NO/c1-3-5-9-14-15-11-13-8-6-7-12(4-2)10-13/h4,6-10H,2-3,5,11H2,1H3. The molecule has 1 aromatic rings. The van der Waals surface area contributed by atoms with Crippen LogP contribution in [0.3, 0.4) is 0 Å². The molecule has 0 aromatic heterocycles. The molecular weight excluding hydrogens is 186 g/mol. The molecule has 0 saturated heterocycles. The van der Waals surface area contributed by atoms with Crippen molar-refractivity contribution in [2.45, 2.75) is 26.4 Å². The van der Waals surface area contributed by atoms with Gasteiger partial charge in [0.25, 0.3) is 0 Å². The van der Waals surface area contributed by atoms with E-state index >= 15 is 0 Å². The summed E-state index contributed by atoms with van der Waals surface area (Å²) < 4.78 is 0. The van der Waals surface area contributed by atoms with Crippen LogP contribution in [0, 0.1) is 0 Å². The highest BCUT2D eigenvalue weighted by molar-refractivity contribution is 5.56. The van der Waals surface area contributed by atoms with E-state index in [0.717, 1.165) is 24.0 Å². The summed E-state index contributed by atoms with van der Waals surface area (Å²) >= 11 is 0. The summed E-state index contributed by atoms with van der Waals surface area (Å²) in [5.41, 5.74) is 2.22. The summed E-state index contributed by atoms with van der Waals surface area (Å²) in [5.74, 6) is 0. The Balaban J connectivity index is 2.40. The lowest BCUT2D eigenvalue weighted by molar-refractivity contribution is 0.131. The van der Waals surface area contributed by atoms with Crippen molar-refractivity contribution in [3.8, 4) is 0 Å². The van der Waals surface area contributed by atoms with Crippen molar-refractivity contribution in [3.05, 3.63) is 42.0 Å². The Bertz CT molecular complexity index is 331. The second-order valence-corrected chi connectivity index (χ2v) is 3.30. The minimum Gasteiger partial charge on any atom is -0.391 e. The lowest BCUT2D eigenvalue weighted by Crippen LogP contribution is -1.88. The molecule has 0 radical (unpaired) electrons. The van der Waals surface area contributed by atoms with Crippen LogP contribution in [0.15, 0.2) is 36.0 Å². The fourth-order valence-corrected chi connectivity index (χ4v) is 1.16. The van der Waals surface area contributed by atoms with Crippen molar-refractivity contribution < 1.29 is 4.84 Å². The van der Waals surface area contributed by atoms with Crippen molar-refractivity contribution in [2.75, 3.05) is 0 Å². The van der Waals surface area contributed by atoms with Crippen LogP contribution in [0.4, 0.5) is 0 Å². The Labute approximate surface area is 91.3 Å². The zero-order valence-corrected chi connectivity index (χ0v) is 9.15. The molecular formula is C13H17NO. The molecule has 0 atom stereocenters. The Morgan fingerprint density at radius 2 is 2.33 bits per heavy atom. The van der Waals surface area contributed by atoms with Gasteiger partial charge in [-0.1, -0.05) is 49.4 Å². The van der Waals surface area contributed by atoms with E-state index in [-0.39, 0.29) is 0 Å². The molecule has 80 valence electrons. The fourth-order valence-electron chi connectivity index (χ4n) is 1.16. The van der Waals surface area contributed by atoms with Gasteiger partial charge in [0.2, 0.25) is 0 Å². The van der Waals surface area contributed by atoms with E-state index in [1.54, 1.807) is 6.21 Å². The first-order chi connectivity index (χ1) is 7.36. The SMILES string of the molecule is C=Cc1cccc(CON=CCCC)c1. The third kappa shape index (κ3) is 4.45. The van der Waals surface area contributed by atoms with Crippen molar-refractivity contribution in [1.82, 2.24) is 0 Å². The van der Waals surface area contributed by atoms with Crippen LogP contribution in [-0.4, -0.2) is 6.21 Å². The second kappa shape index (κ2) is 6.82. The van der Waals surface area contributed by atoms with Crippen LogP contribution in [-0.2, 0) is 11.4 Å². The average molecular weight is 203 g/mol. The average Bonchev–Trinajstić information content (AvgIpc) is 2.29. The molecule has 0 saturated carbocycles. The normalized spacial score (nSPS) is 10.5. The Kier molecular flexibility index (Phi) is 5.23. The number of rotatable bonds is 6. The minimum atomic E-state index is 0.516. The predicted octanol–water partition coefficient (Wildman–Crippen LogP) is 3.63. The van der Waals surface area contributed by atoms with Crippen LogP contribution in [0.5, 0.6) is 0 Å². The van der Waals surface area contributed by atoms with Gasteiger partial charge in [0.1, 0.15) is 6.61 Å². The summed E-state index contributed by atoms with van der Waals surface area (Å²) in [6.45, 7) is 6.35. The molecule has 0 fully saturated rings. The Hall–Kier alpha value is -1.57. The highest BCUT2D eigenvalue weighted by Gasteiger charge is 1.92. The monoisotopic (exact) mass is 203 g/mol. The van der Waals surface area contributed by atoms with Gasteiger partial charge >= 0.3 is 0 Å². The zero-order chi connectivity index (χ0) is 10.9. The van der Waals surface area contributed by atoms with Crippen LogP contribution in [0.1, 0.15) is 30.9 Å². The molecule has 0 amide bonds. The molecule has 1 aromatic carbocycles. The number of hydrogen-bond donors (Lipinski definition) is 0. The van der Waals surface area contributed by atoms with E-state index in [2.05, 4.69) is 18.7 Å². The maximum Gasteiger partial charge on any atom is 0.142 e. The van der Waals surface area contributed by atoms with E-state index in [0.29, 0.717) is 6.61 Å². The number of hydrogen-bond acceptors (Lipinski definition) is 2. The Morgan fingerprint density at radius 1 is 1.47 bits per heavy atom. The maximum absolute atomic E-state index is 5.16. The molecule has 2 nitrogen and oxygen atoms in total. The van der Waals surface area contributed by atoms with Gasteiger partial charge < -0.3 is 4.84 Å². The molecule has 0 aliphatic carbocycles. The molecule has 1 rings (SSSR count). The van der Waals surface area contributed by atoms with Gasteiger partial charge in [0.05, 0.1) is 0 Å². The van der Waals surface area contributed by atoms with Crippen molar-refractivity contribution in [2.24, 2.45) is 5.16 Å². The molecule has 0 aliphatic heterocycles. The summed E-state index contributed by atoms with van der Waals surface area (Å²) in [6, 6.07) is 8.06. The van der Waals surface area contributed by atoms with Gasteiger partial charge in [-0.3, -0.25) is 0 Å². The first-order valence-electron chi connectivity index (χ1n) is 5.22. The number of unbranched alkanes of at least 4 members (excludes halogenated alkanes) is 1. The van der Waals surface area contributed by atoms with Gasteiger partial charge in [0, 0.05) is 6.21 Å². The molecule has 0 aliphatic rings. The van der Waals surface area contributed by atoms with Gasteiger partial charge in [-0.15, -0.1) is 0 Å². The third-order valence-corrected chi connectivity index (χ3v) is 1.98.